The average Bonchev–Trinajstić information content (AvgIpc) is 2.65. The van der Waals surface area contributed by atoms with Gasteiger partial charge < -0.3 is 10.1 Å². The molecule has 0 aliphatic rings. The number of hydrogen-bond acceptors (Lipinski definition) is 4. The summed E-state index contributed by atoms with van der Waals surface area (Å²) in [5.74, 6) is -0.677. The molecule has 0 radical (unpaired) electrons. The van der Waals surface area contributed by atoms with Crippen molar-refractivity contribution in [2.75, 3.05) is 6.54 Å². The second-order valence-electron chi connectivity index (χ2n) is 6.26. The lowest BCUT2D eigenvalue weighted by atomic mass is 10.2. The number of nitrogens with zero attached hydrogens (tertiary/aromatic N) is 1. The Hall–Kier alpha value is -2.86. The largest absolute Gasteiger partial charge is 0.488 e. The molecule has 0 aliphatic carbocycles. The number of hydrazone groups is 1. The number of rotatable bonds is 7. The normalized spacial score (nSPS) is 10.8. The fourth-order valence-electron chi connectivity index (χ4n) is 2.09. The number of nitrogens with one attached hydrogen (secondary N) is 2. The topological polar surface area (TPSA) is 79.8 Å². The molecular formula is C20H22ClN3O3. The van der Waals surface area contributed by atoms with Crippen molar-refractivity contribution in [3.05, 3.63) is 64.7 Å². The average molecular weight is 388 g/mol. The Morgan fingerprint density at radius 1 is 1.15 bits per heavy atom. The lowest BCUT2D eigenvalue weighted by molar-refractivity contribution is -0.139. The van der Waals surface area contributed by atoms with Crippen LogP contribution in [-0.2, 0) is 16.2 Å². The van der Waals surface area contributed by atoms with Crippen LogP contribution in [0.5, 0.6) is 5.75 Å². The highest BCUT2D eigenvalue weighted by Gasteiger charge is 2.12. The maximum atomic E-state index is 11.7. The molecule has 0 unspecified atom stereocenters. The third-order valence-electron chi connectivity index (χ3n) is 3.45. The van der Waals surface area contributed by atoms with Crippen molar-refractivity contribution in [3.63, 3.8) is 0 Å². The molecule has 2 N–H and O–H groups in total. The molecule has 0 heterocycles. The number of carbonyl (C=O) groups is 2. The zero-order valence-corrected chi connectivity index (χ0v) is 16.0. The first-order valence-corrected chi connectivity index (χ1v) is 8.91. The van der Waals surface area contributed by atoms with Crippen molar-refractivity contribution in [1.29, 1.82) is 0 Å². The number of carbonyl (C=O) groups excluding carboxylic acids is 2. The van der Waals surface area contributed by atoms with Crippen LogP contribution in [0.25, 0.3) is 0 Å². The first kappa shape index (κ1) is 20.5. The molecule has 2 amide bonds. The van der Waals surface area contributed by atoms with E-state index in [2.05, 4.69) is 15.8 Å². The molecule has 0 saturated heterocycles. The molecule has 0 saturated carbocycles. The van der Waals surface area contributed by atoms with Crippen molar-refractivity contribution >= 4 is 29.6 Å². The molecule has 2 rings (SSSR count). The molecule has 142 valence electrons. The molecule has 0 bridgehead atoms. The zero-order chi connectivity index (χ0) is 19.6. The Kier molecular flexibility index (Phi) is 7.82. The zero-order valence-electron chi connectivity index (χ0n) is 15.2. The standard InChI is InChI=1S/C20H22ClN3O3/c1-14(2)11-22-19(25)20(26)24-23-12-16-7-3-4-9-18(16)27-13-15-6-5-8-17(21)10-15/h3-10,12,14H,11,13H2,1-2H3,(H,22,25)(H,24,26)/b23-12-. The van der Waals surface area contributed by atoms with E-state index < -0.39 is 11.8 Å². The summed E-state index contributed by atoms with van der Waals surface area (Å²) in [6, 6.07) is 14.6. The van der Waals surface area contributed by atoms with Crippen LogP contribution < -0.4 is 15.5 Å². The van der Waals surface area contributed by atoms with Crippen LogP contribution >= 0.6 is 11.6 Å². The van der Waals surface area contributed by atoms with Gasteiger partial charge in [-0.1, -0.05) is 49.7 Å². The van der Waals surface area contributed by atoms with E-state index in [-0.39, 0.29) is 5.92 Å². The highest BCUT2D eigenvalue weighted by molar-refractivity contribution is 6.35. The van der Waals surface area contributed by atoms with Crippen molar-refractivity contribution in [2.24, 2.45) is 11.0 Å². The maximum absolute atomic E-state index is 11.7. The van der Waals surface area contributed by atoms with Crippen LogP contribution in [0, 0.1) is 5.92 Å². The molecule has 0 spiro atoms. The molecule has 2 aromatic rings. The van der Waals surface area contributed by atoms with Crippen LogP contribution in [-0.4, -0.2) is 24.6 Å². The minimum absolute atomic E-state index is 0.258. The van der Waals surface area contributed by atoms with E-state index in [1.807, 2.05) is 44.2 Å². The third-order valence-corrected chi connectivity index (χ3v) is 3.68. The van der Waals surface area contributed by atoms with Gasteiger partial charge in [0.15, 0.2) is 0 Å². The van der Waals surface area contributed by atoms with Gasteiger partial charge in [-0.05, 0) is 35.7 Å². The first-order valence-electron chi connectivity index (χ1n) is 8.53. The highest BCUT2D eigenvalue weighted by atomic mass is 35.5. The Balaban J connectivity index is 1.93. The number of benzene rings is 2. The van der Waals surface area contributed by atoms with Gasteiger partial charge in [0.25, 0.3) is 0 Å². The summed E-state index contributed by atoms with van der Waals surface area (Å²) in [5, 5.41) is 7.00. The summed E-state index contributed by atoms with van der Waals surface area (Å²) in [6.45, 7) is 4.65. The summed E-state index contributed by atoms with van der Waals surface area (Å²) in [7, 11) is 0. The van der Waals surface area contributed by atoms with E-state index >= 15 is 0 Å². The second kappa shape index (κ2) is 10.3. The number of para-hydroxylation sites is 1. The fourth-order valence-corrected chi connectivity index (χ4v) is 2.31. The van der Waals surface area contributed by atoms with Gasteiger partial charge in [-0.2, -0.15) is 5.10 Å². The van der Waals surface area contributed by atoms with Crippen molar-refractivity contribution in [3.8, 4) is 5.75 Å². The Morgan fingerprint density at radius 2 is 1.93 bits per heavy atom. The van der Waals surface area contributed by atoms with Gasteiger partial charge >= 0.3 is 11.8 Å². The van der Waals surface area contributed by atoms with Crippen molar-refractivity contribution in [1.82, 2.24) is 10.7 Å². The van der Waals surface area contributed by atoms with E-state index in [9.17, 15) is 9.59 Å². The Labute approximate surface area is 163 Å². The van der Waals surface area contributed by atoms with Crippen LogP contribution in [0.4, 0.5) is 0 Å². The minimum atomic E-state index is -0.816. The molecule has 27 heavy (non-hydrogen) atoms. The third kappa shape index (κ3) is 7.11. The van der Waals surface area contributed by atoms with Gasteiger partial charge in [-0.15, -0.1) is 0 Å². The van der Waals surface area contributed by atoms with E-state index in [4.69, 9.17) is 16.3 Å². The number of hydrogen-bond donors (Lipinski definition) is 2. The smallest absolute Gasteiger partial charge is 0.329 e. The fraction of sp³-hybridized carbons (Fsp3) is 0.250. The summed E-state index contributed by atoms with van der Waals surface area (Å²) in [4.78, 5) is 23.3. The minimum Gasteiger partial charge on any atom is -0.488 e. The maximum Gasteiger partial charge on any atom is 0.329 e. The van der Waals surface area contributed by atoms with Gasteiger partial charge in [0.2, 0.25) is 0 Å². The van der Waals surface area contributed by atoms with Gasteiger partial charge in [-0.25, -0.2) is 5.43 Å². The molecule has 0 aliphatic heterocycles. The second-order valence-corrected chi connectivity index (χ2v) is 6.70. The summed E-state index contributed by atoms with van der Waals surface area (Å²) >= 11 is 5.97. The van der Waals surface area contributed by atoms with Gasteiger partial charge in [0.05, 0.1) is 6.21 Å². The molecule has 2 aromatic carbocycles. The van der Waals surface area contributed by atoms with Crippen LogP contribution in [0.2, 0.25) is 5.02 Å². The van der Waals surface area contributed by atoms with E-state index in [0.717, 1.165) is 5.56 Å². The molecule has 7 heteroatoms. The lowest BCUT2D eigenvalue weighted by Gasteiger charge is -2.09. The summed E-state index contributed by atoms with van der Waals surface area (Å²) in [6.07, 6.45) is 1.43. The Bertz CT molecular complexity index is 822. The summed E-state index contributed by atoms with van der Waals surface area (Å²) < 4.78 is 5.81. The van der Waals surface area contributed by atoms with E-state index in [0.29, 0.717) is 29.5 Å². The quantitative estimate of drug-likeness (QED) is 0.435. The lowest BCUT2D eigenvalue weighted by Crippen LogP contribution is -2.39. The predicted octanol–water partition coefficient (Wildman–Crippen LogP) is 3.14. The summed E-state index contributed by atoms with van der Waals surface area (Å²) in [5.41, 5.74) is 3.81. The predicted molar refractivity (Wildman–Crippen MR) is 106 cm³/mol. The molecular weight excluding hydrogens is 366 g/mol. The van der Waals surface area contributed by atoms with E-state index in [1.54, 1.807) is 18.2 Å². The molecule has 0 aromatic heterocycles. The molecule has 0 fully saturated rings. The van der Waals surface area contributed by atoms with Crippen molar-refractivity contribution in [2.45, 2.75) is 20.5 Å². The van der Waals surface area contributed by atoms with Gasteiger partial charge in [0.1, 0.15) is 12.4 Å². The van der Waals surface area contributed by atoms with Crippen LogP contribution in [0.3, 0.4) is 0 Å². The van der Waals surface area contributed by atoms with Gasteiger partial charge in [0, 0.05) is 17.1 Å². The van der Waals surface area contributed by atoms with Gasteiger partial charge in [-0.3, -0.25) is 9.59 Å². The highest BCUT2D eigenvalue weighted by Crippen LogP contribution is 2.18. The number of amides is 2. The van der Waals surface area contributed by atoms with Crippen LogP contribution in [0.1, 0.15) is 25.0 Å². The number of halogens is 1. The van der Waals surface area contributed by atoms with Crippen LogP contribution in [0.15, 0.2) is 53.6 Å². The monoisotopic (exact) mass is 387 g/mol. The molecule has 6 nitrogen and oxygen atoms in total. The number of ether oxygens (including phenoxy) is 1. The first-order chi connectivity index (χ1) is 13.0. The SMILES string of the molecule is CC(C)CNC(=O)C(=O)N/N=C\c1ccccc1OCc1cccc(Cl)c1. The Morgan fingerprint density at radius 3 is 2.67 bits per heavy atom. The molecule has 0 atom stereocenters. The van der Waals surface area contributed by atoms with E-state index in [1.165, 1.54) is 6.21 Å². The van der Waals surface area contributed by atoms with Crippen molar-refractivity contribution < 1.29 is 14.3 Å².